The molecule has 3 aromatic carbocycles. The second-order valence-electron chi connectivity index (χ2n) is 9.95. The first-order valence-electron chi connectivity index (χ1n) is 14.1. The van der Waals surface area contributed by atoms with Gasteiger partial charge in [-0.25, -0.2) is 13.8 Å². The summed E-state index contributed by atoms with van der Waals surface area (Å²) in [7, 11) is 1.72. The van der Waals surface area contributed by atoms with E-state index < -0.39 is 5.82 Å². The van der Waals surface area contributed by atoms with E-state index in [1.165, 1.54) is 6.07 Å². The third-order valence-electron chi connectivity index (χ3n) is 7.16. The summed E-state index contributed by atoms with van der Waals surface area (Å²) in [6.07, 6.45) is 8.60. The number of imidazole rings is 1. The van der Waals surface area contributed by atoms with Gasteiger partial charge in [-0.2, -0.15) is 0 Å². The molecule has 0 saturated heterocycles. The third-order valence-corrected chi connectivity index (χ3v) is 7.16. The molecule has 0 spiro atoms. The summed E-state index contributed by atoms with van der Waals surface area (Å²) in [5, 5.41) is 6.34. The van der Waals surface area contributed by atoms with E-state index in [9.17, 15) is 4.39 Å². The first-order chi connectivity index (χ1) is 21.2. The highest BCUT2D eigenvalue weighted by atomic mass is 19.1. The van der Waals surface area contributed by atoms with Crippen molar-refractivity contribution in [3.63, 3.8) is 0 Å². The molecule has 0 aliphatic rings. The van der Waals surface area contributed by atoms with Gasteiger partial charge in [0.25, 0.3) is 0 Å². The largest absolute Gasteiger partial charge is 0.388 e. The molecule has 0 fully saturated rings. The molecule has 1 aromatic heterocycles. The Balaban J connectivity index is 1.74. The number of anilines is 1. The van der Waals surface area contributed by atoms with Crippen molar-refractivity contribution in [1.82, 2.24) is 15.3 Å². The van der Waals surface area contributed by atoms with Gasteiger partial charge in [-0.1, -0.05) is 93.1 Å². The normalized spacial score (nSPS) is 12.1. The lowest BCUT2D eigenvalue weighted by molar-refractivity contribution is 0.621. The maximum Gasteiger partial charge on any atom is 0.141 e. The van der Waals surface area contributed by atoms with Gasteiger partial charge >= 0.3 is 0 Å². The zero-order chi connectivity index (χ0) is 31.8. The van der Waals surface area contributed by atoms with Crippen LogP contribution in [0.15, 0.2) is 129 Å². The highest BCUT2D eigenvalue weighted by Crippen LogP contribution is 2.36. The number of nitrogens with one attached hydrogen (secondary N) is 3. The molecule has 1 heterocycles. The van der Waals surface area contributed by atoms with Crippen molar-refractivity contribution in [3.8, 4) is 0 Å². The maximum absolute atomic E-state index is 16.5. The second kappa shape index (κ2) is 14.1. The lowest BCUT2D eigenvalue weighted by atomic mass is 9.95. The number of rotatable bonds is 12. The third kappa shape index (κ3) is 6.60. The molecule has 0 radical (unpaired) electrons. The van der Waals surface area contributed by atoms with Crippen LogP contribution in [-0.2, 0) is 0 Å². The first-order valence-corrected chi connectivity index (χ1v) is 14.1. The molecule has 4 aromatic rings. The van der Waals surface area contributed by atoms with Crippen molar-refractivity contribution in [1.29, 1.82) is 0 Å². The molecule has 6 heteroatoms. The Hall–Kier alpha value is -5.49. The Morgan fingerprint density at radius 1 is 0.932 bits per heavy atom. The molecular formula is C38H36F2N4. The van der Waals surface area contributed by atoms with Crippen LogP contribution in [0.4, 0.5) is 14.5 Å². The van der Waals surface area contributed by atoms with Crippen LogP contribution in [0.2, 0.25) is 0 Å². The Morgan fingerprint density at radius 2 is 1.64 bits per heavy atom. The number of benzene rings is 3. The van der Waals surface area contributed by atoms with Gasteiger partial charge in [0.1, 0.15) is 17.5 Å². The Kier molecular flexibility index (Phi) is 10.1. The molecule has 4 rings (SSSR count). The highest BCUT2D eigenvalue weighted by molar-refractivity contribution is 5.88. The number of allylic oxidation sites excluding steroid dienone is 6. The van der Waals surface area contributed by atoms with Crippen LogP contribution in [0.25, 0.3) is 22.4 Å². The van der Waals surface area contributed by atoms with E-state index in [-0.39, 0.29) is 11.4 Å². The molecule has 0 unspecified atom stereocenters. The maximum atomic E-state index is 16.5. The smallest absolute Gasteiger partial charge is 0.141 e. The number of H-pyrrole nitrogens is 1. The predicted octanol–water partition coefficient (Wildman–Crippen LogP) is 9.45. The van der Waals surface area contributed by atoms with E-state index in [1.54, 1.807) is 55.6 Å². The monoisotopic (exact) mass is 586 g/mol. The second-order valence-corrected chi connectivity index (χ2v) is 9.95. The number of nitrogens with zero attached hydrogens (tertiary/aromatic N) is 1. The zero-order valence-corrected chi connectivity index (χ0v) is 25.3. The van der Waals surface area contributed by atoms with Gasteiger partial charge < -0.3 is 15.6 Å². The SMILES string of the molecule is C=C/C=C(/c1ccccc1F)c1nc(C(=C)c2c(NC)ccc(C(/C=C(\C=C)NC(=C)c3ccccc3)=C/C)c2F)[nH]c1C. The Labute approximate surface area is 258 Å². The fourth-order valence-electron chi connectivity index (χ4n) is 4.90. The van der Waals surface area contributed by atoms with Crippen LogP contribution in [0, 0.1) is 18.6 Å². The summed E-state index contributed by atoms with van der Waals surface area (Å²) in [6, 6.07) is 19.7. The topological polar surface area (TPSA) is 52.7 Å². The molecule has 0 atom stereocenters. The van der Waals surface area contributed by atoms with Gasteiger partial charge in [0.05, 0.1) is 5.69 Å². The van der Waals surface area contributed by atoms with Crippen LogP contribution >= 0.6 is 0 Å². The summed E-state index contributed by atoms with van der Waals surface area (Å²) >= 11 is 0. The van der Waals surface area contributed by atoms with Crippen molar-refractivity contribution in [2.75, 3.05) is 12.4 Å². The van der Waals surface area contributed by atoms with Crippen molar-refractivity contribution >= 4 is 28.1 Å². The summed E-state index contributed by atoms with van der Waals surface area (Å²) < 4.78 is 31.3. The lowest BCUT2D eigenvalue weighted by Gasteiger charge is -2.16. The minimum absolute atomic E-state index is 0.264. The van der Waals surface area contributed by atoms with Gasteiger partial charge in [0.2, 0.25) is 0 Å². The fourth-order valence-corrected chi connectivity index (χ4v) is 4.90. The standard InChI is InChI=1S/C38H36F2N4/c1-8-16-32(31-19-14-15-20-33(31)39)37-26(6)43-38(44-37)24(4)35-34(41-7)22-21-30(36(35)40)27(9-2)23-29(10-3)42-25(5)28-17-12-11-13-18-28/h8-23,41-42H,1,3-5H2,2,6-7H3,(H,43,44)/b27-9+,29-23+,32-16-. The van der Waals surface area contributed by atoms with E-state index in [1.807, 2.05) is 56.3 Å². The number of aromatic amines is 1. The molecule has 0 bridgehead atoms. The number of aromatic nitrogens is 2. The minimum Gasteiger partial charge on any atom is -0.388 e. The number of hydrogen-bond acceptors (Lipinski definition) is 3. The van der Waals surface area contributed by atoms with E-state index >= 15 is 4.39 Å². The van der Waals surface area contributed by atoms with Gasteiger partial charge in [0, 0.05) is 57.7 Å². The van der Waals surface area contributed by atoms with E-state index in [0.29, 0.717) is 62.1 Å². The Bertz CT molecular complexity index is 1820. The van der Waals surface area contributed by atoms with Crippen LogP contribution < -0.4 is 10.6 Å². The number of aryl methyl sites for hydroxylation is 1. The fraction of sp³-hybridized carbons (Fsp3) is 0.0789. The number of hydrogen-bond donors (Lipinski definition) is 3. The molecule has 4 nitrogen and oxygen atoms in total. The molecule has 222 valence electrons. The first kappa shape index (κ1) is 31.4. The zero-order valence-electron chi connectivity index (χ0n) is 25.3. The van der Waals surface area contributed by atoms with Gasteiger partial charge in [0.15, 0.2) is 0 Å². The summed E-state index contributed by atoms with van der Waals surface area (Å²) in [5.74, 6) is -0.489. The van der Waals surface area contributed by atoms with Crippen LogP contribution in [-0.4, -0.2) is 17.0 Å². The van der Waals surface area contributed by atoms with Crippen molar-refractivity contribution in [2.24, 2.45) is 0 Å². The van der Waals surface area contributed by atoms with E-state index in [4.69, 9.17) is 4.98 Å². The minimum atomic E-state index is -0.469. The van der Waals surface area contributed by atoms with Crippen LogP contribution in [0.5, 0.6) is 0 Å². The number of halogens is 2. The molecule has 0 aliphatic carbocycles. The van der Waals surface area contributed by atoms with Gasteiger partial charge in [-0.15, -0.1) is 0 Å². The molecule has 3 N–H and O–H groups in total. The average molecular weight is 587 g/mol. The predicted molar refractivity (Wildman–Crippen MR) is 182 cm³/mol. The van der Waals surface area contributed by atoms with E-state index in [2.05, 4.69) is 41.9 Å². The summed E-state index contributed by atoms with van der Waals surface area (Å²) in [5.41, 5.74) is 6.57. The van der Waals surface area contributed by atoms with Gasteiger partial charge in [-0.05, 0) is 55.3 Å². The van der Waals surface area contributed by atoms with Crippen LogP contribution in [0.1, 0.15) is 46.4 Å². The Morgan fingerprint density at radius 3 is 2.27 bits per heavy atom. The molecule has 0 aliphatic heterocycles. The van der Waals surface area contributed by atoms with Crippen molar-refractivity contribution in [2.45, 2.75) is 13.8 Å². The highest BCUT2D eigenvalue weighted by Gasteiger charge is 2.22. The van der Waals surface area contributed by atoms with Crippen LogP contribution in [0.3, 0.4) is 0 Å². The van der Waals surface area contributed by atoms with E-state index in [0.717, 1.165) is 5.56 Å². The molecule has 0 amide bonds. The molecular weight excluding hydrogens is 550 g/mol. The van der Waals surface area contributed by atoms with Crippen molar-refractivity contribution < 1.29 is 8.78 Å². The average Bonchev–Trinajstić information content (AvgIpc) is 3.43. The molecule has 44 heavy (non-hydrogen) atoms. The quantitative estimate of drug-likeness (QED) is 0.145. The van der Waals surface area contributed by atoms with Gasteiger partial charge in [-0.3, -0.25) is 0 Å². The van der Waals surface area contributed by atoms with Crippen molar-refractivity contribution in [3.05, 3.63) is 180 Å². The molecule has 0 saturated carbocycles. The summed E-state index contributed by atoms with van der Waals surface area (Å²) in [4.78, 5) is 7.99. The lowest BCUT2D eigenvalue weighted by Crippen LogP contribution is -2.10. The summed E-state index contributed by atoms with van der Waals surface area (Å²) in [6.45, 7) is 19.8.